The van der Waals surface area contributed by atoms with Gasteiger partial charge < -0.3 is 0 Å². The molecule has 0 bridgehead atoms. The SMILES string of the molecule is CCCCCC=CCC(C)CCC. The number of unbranched alkanes of at least 4 members (excludes halogenated alkanes) is 3. The summed E-state index contributed by atoms with van der Waals surface area (Å²) in [5, 5.41) is 0. The normalized spacial score (nSPS) is 13.8. The molecular formula is C13H26. The minimum atomic E-state index is 0.882. The van der Waals surface area contributed by atoms with E-state index in [1.807, 2.05) is 0 Å². The molecule has 0 aromatic carbocycles. The fraction of sp³-hybridized carbons (Fsp3) is 0.846. The highest BCUT2D eigenvalue weighted by atomic mass is 14.0. The lowest BCUT2D eigenvalue weighted by Crippen LogP contribution is -1.90. The van der Waals surface area contributed by atoms with Gasteiger partial charge in [-0.15, -0.1) is 0 Å². The first-order valence-electron chi connectivity index (χ1n) is 5.96. The molecule has 0 aliphatic heterocycles. The van der Waals surface area contributed by atoms with Crippen molar-refractivity contribution in [2.75, 3.05) is 0 Å². The summed E-state index contributed by atoms with van der Waals surface area (Å²) >= 11 is 0. The molecule has 1 unspecified atom stereocenters. The Bertz CT molecular complexity index is 113. The van der Waals surface area contributed by atoms with E-state index in [1.165, 1.54) is 44.9 Å². The van der Waals surface area contributed by atoms with Crippen LogP contribution in [0.15, 0.2) is 12.2 Å². The number of hydrogen-bond acceptors (Lipinski definition) is 0. The molecule has 78 valence electrons. The minimum Gasteiger partial charge on any atom is -0.0885 e. The summed E-state index contributed by atoms with van der Waals surface area (Å²) in [6.45, 7) is 6.87. The predicted molar refractivity (Wildman–Crippen MR) is 62.0 cm³/mol. The van der Waals surface area contributed by atoms with Crippen LogP contribution in [0.3, 0.4) is 0 Å². The standard InChI is InChI=1S/C13H26/c1-4-6-7-8-9-10-12-13(3)11-5-2/h9-10,13H,4-8,11-12H2,1-3H3. The Morgan fingerprint density at radius 3 is 2.38 bits per heavy atom. The molecule has 13 heavy (non-hydrogen) atoms. The van der Waals surface area contributed by atoms with Gasteiger partial charge in [0.15, 0.2) is 0 Å². The third-order valence-corrected chi connectivity index (χ3v) is 2.46. The van der Waals surface area contributed by atoms with Gasteiger partial charge >= 0.3 is 0 Å². The van der Waals surface area contributed by atoms with Crippen LogP contribution in [-0.4, -0.2) is 0 Å². The number of allylic oxidation sites excluding steroid dienone is 2. The lowest BCUT2D eigenvalue weighted by molar-refractivity contribution is 0.531. The average Bonchev–Trinajstić information content (AvgIpc) is 2.11. The Morgan fingerprint density at radius 1 is 1.00 bits per heavy atom. The van der Waals surface area contributed by atoms with E-state index in [0.717, 1.165) is 5.92 Å². The molecule has 0 amide bonds. The third-order valence-electron chi connectivity index (χ3n) is 2.46. The Morgan fingerprint density at radius 2 is 1.77 bits per heavy atom. The van der Waals surface area contributed by atoms with Gasteiger partial charge in [-0.05, 0) is 25.2 Å². The first kappa shape index (κ1) is 12.7. The van der Waals surface area contributed by atoms with Crippen LogP contribution in [-0.2, 0) is 0 Å². The van der Waals surface area contributed by atoms with Gasteiger partial charge in [0, 0.05) is 0 Å². The first-order chi connectivity index (χ1) is 6.31. The molecule has 0 nitrogen and oxygen atoms in total. The largest absolute Gasteiger partial charge is 0.0885 e. The molecular weight excluding hydrogens is 156 g/mol. The zero-order chi connectivity index (χ0) is 9.94. The first-order valence-corrected chi connectivity index (χ1v) is 5.96. The van der Waals surface area contributed by atoms with Gasteiger partial charge in [0.05, 0.1) is 0 Å². The van der Waals surface area contributed by atoms with Crippen LogP contribution < -0.4 is 0 Å². The fourth-order valence-corrected chi connectivity index (χ4v) is 1.57. The van der Waals surface area contributed by atoms with E-state index in [4.69, 9.17) is 0 Å². The molecule has 0 heterocycles. The molecule has 0 rings (SSSR count). The van der Waals surface area contributed by atoms with Crippen LogP contribution in [0.4, 0.5) is 0 Å². The van der Waals surface area contributed by atoms with Crippen molar-refractivity contribution in [3.8, 4) is 0 Å². The van der Waals surface area contributed by atoms with Crippen molar-refractivity contribution in [2.45, 2.75) is 65.7 Å². The topological polar surface area (TPSA) is 0 Å². The van der Waals surface area contributed by atoms with E-state index in [2.05, 4.69) is 32.9 Å². The highest BCUT2D eigenvalue weighted by Crippen LogP contribution is 2.10. The minimum absolute atomic E-state index is 0.882. The van der Waals surface area contributed by atoms with E-state index in [-0.39, 0.29) is 0 Å². The van der Waals surface area contributed by atoms with Crippen molar-refractivity contribution in [1.82, 2.24) is 0 Å². The summed E-state index contributed by atoms with van der Waals surface area (Å²) < 4.78 is 0. The molecule has 1 atom stereocenters. The van der Waals surface area contributed by atoms with Crippen LogP contribution in [0.25, 0.3) is 0 Å². The van der Waals surface area contributed by atoms with Gasteiger partial charge in [-0.3, -0.25) is 0 Å². The zero-order valence-corrected chi connectivity index (χ0v) is 9.68. The molecule has 0 saturated heterocycles. The van der Waals surface area contributed by atoms with E-state index < -0.39 is 0 Å². The maximum Gasteiger partial charge on any atom is -0.0325 e. The quantitative estimate of drug-likeness (QED) is 0.368. The molecule has 0 spiro atoms. The zero-order valence-electron chi connectivity index (χ0n) is 9.68. The molecule has 0 aliphatic rings. The Labute approximate surface area is 84.4 Å². The summed E-state index contributed by atoms with van der Waals surface area (Å²) in [5.74, 6) is 0.882. The van der Waals surface area contributed by atoms with Gasteiger partial charge in [-0.2, -0.15) is 0 Å². The molecule has 0 heteroatoms. The van der Waals surface area contributed by atoms with Gasteiger partial charge in [0.1, 0.15) is 0 Å². The second kappa shape index (κ2) is 9.83. The second-order valence-electron chi connectivity index (χ2n) is 4.10. The van der Waals surface area contributed by atoms with Gasteiger partial charge in [-0.25, -0.2) is 0 Å². The highest BCUT2D eigenvalue weighted by molar-refractivity contribution is 4.82. The molecule has 0 radical (unpaired) electrons. The van der Waals surface area contributed by atoms with Gasteiger partial charge in [-0.1, -0.05) is 58.6 Å². The maximum absolute atomic E-state index is 2.37. The fourth-order valence-electron chi connectivity index (χ4n) is 1.57. The molecule has 0 aliphatic carbocycles. The Hall–Kier alpha value is -0.260. The van der Waals surface area contributed by atoms with Crippen molar-refractivity contribution in [2.24, 2.45) is 5.92 Å². The molecule has 0 aromatic rings. The Balaban J connectivity index is 3.19. The number of rotatable bonds is 8. The second-order valence-corrected chi connectivity index (χ2v) is 4.10. The Kier molecular flexibility index (Phi) is 9.63. The monoisotopic (exact) mass is 182 g/mol. The van der Waals surface area contributed by atoms with E-state index in [0.29, 0.717) is 0 Å². The maximum atomic E-state index is 2.37. The number of hydrogen-bond donors (Lipinski definition) is 0. The predicted octanol–water partition coefficient (Wildman–Crippen LogP) is 4.95. The van der Waals surface area contributed by atoms with Crippen molar-refractivity contribution < 1.29 is 0 Å². The van der Waals surface area contributed by atoms with E-state index >= 15 is 0 Å². The lowest BCUT2D eigenvalue weighted by atomic mass is 10.0. The van der Waals surface area contributed by atoms with E-state index in [1.54, 1.807) is 0 Å². The van der Waals surface area contributed by atoms with Crippen molar-refractivity contribution in [3.63, 3.8) is 0 Å². The van der Waals surface area contributed by atoms with E-state index in [9.17, 15) is 0 Å². The van der Waals surface area contributed by atoms with Crippen molar-refractivity contribution in [3.05, 3.63) is 12.2 Å². The van der Waals surface area contributed by atoms with Gasteiger partial charge in [0.2, 0.25) is 0 Å². The van der Waals surface area contributed by atoms with Crippen molar-refractivity contribution >= 4 is 0 Å². The summed E-state index contributed by atoms with van der Waals surface area (Å²) in [4.78, 5) is 0. The molecule has 0 N–H and O–H groups in total. The summed E-state index contributed by atoms with van der Waals surface area (Å²) in [7, 11) is 0. The van der Waals surface area contributed by atoms with Crippen LogP contribution in [0.1, 0.15) is 65.7 Å². The van der Waals surface area contributed by atoms with Crippen LogP contribution >= 0.6 is 0 Å². The van der Waals surface area contributed by atoms with Gasteiger partial charge in [0.25, 0.3) is 0 Å². The van der Waals surface area contributed by atoms with Crippen LogP contribution in [0, 0.1) is 5.92 Å². The lowest BCUT2D eigenvalue weighted by Gasteiger charge is -2.04. The van der Waals surface area contributed by atoms with Crippen molar-refractivity contribution in [1.29, 1.82) is 0 Å². The van der Waals surface area contributed by atoms with Crippen LogP contribution in [0.5, 0.6) is 0 Å². The smallest absolute Gasteiger partial charge is 0.0325 e. The summed E-state index contributed by atoms with van der Waals surface area (Å²) in [6.07, 6.45) is 14.1. The molecule has 0 fully saturated rings. The average molecular weight is 182 g/mol. The summed E-state index contributed by atoms with van der Waals surface area (Å²) in [5.41, 5.74) is 0. The van der Waals surface area contributed by atoms with Crippen LogP contribution in [0.2, 0.25) is 0 Å². The molecule has 0 saturated carbocycles. The third kappa shape index (κ3) is 9.66. The highest BCUT2D eigenvalue weighted by Gasteiger charge is 1.95. The summed E-state index contributed by atoms with van der Waals surface area (Å²) in [6, 6.07) is 0. The molecule has 0 aromatic heterocycles.